The maximum absolute atomic E-state index is 4.27. The molecule has 0 aliphatic carbocycles. The van der Waals surface area contributed by atoms with E-state index in [1.165, 1.54) is 9.13 Å². The summed E-state index contributed by atoms with van der Waals surface area (Å²) in [5.74, 6) is 0. The summed E-state index contributed by atoms with van der Waals surface area (Å²) in [5, 5.41) is 13.9. The topological polar surface area (TPSA) is 37.8 Å². The number of rotatable bonds is 4. The van der Waals surface area contributed by atoms with Crippen LogP contribution in [0.1, 0.15) is 24.9 Å². The van der Waals surface area contributed by atoms with E-state index in [0.29, 0.717) is 0 Å². The summed E-state index contributed by atoms with van der Waals surface area (Å²) in [5.41, 5.74) is 1.17. The van der Waals surface area contributed by atoms with E-state index in [9.17, 15) is 0 Å². The maximum Gasteiger partial charge on any atom is 0.148 e. The van der Waals surface area contributed by atoms with E-state index in [2.05, 4.69) is 64.1 Å². The Morgan fingerprint density at radius 2 is 2.12 bits per heavy atom. The average molecular weight is 359 g/mol. The fraction of sp³-hybridized carbons (Fsp3) is 0.333. The zero-order valence-electron chi connectivity index (χ0n) is 9.77. The normalized spacial score (nSPS) is 12.6. The lowest BCUT2D eigenvalue weighted by Gasteiger charge is -2.06. The van der Waals surface area contributed by atoms with Gasteiger partial charge in [-0.3, -0.25) is 0 Å². The Labute approximate surface area is 119 Å². The number of hydrogen-bond donors (Lipinski definition) is 1. The van der Waals surface area contributed by atoms with Crippen LogP contribution in [0.2, 0.25) is 0 Å². The number of nitrogens with zero attached hydrogens (tertiary/aromatic N) is 2. The van der Waals surface area contributed by atoms with Gasteiger partial charge < -0.3 is 5.32 Å². The third kappa shape index (κ3) is 3.02. The molecular formula is C12H14IN3S. The molecule has 0 bridgehead atoms. The largest absolute Gasteiger partial charge is 0.308 e. The Kier molecular flexibility index (Phi) is 4.47. The van der Waals surface area contributed by atoms with E-state index in [0.717, 1.165) is 16.6 Å². The third-order valence-corrected chi connectivity index (χ3v) is 4.51. The predicted octanol–water partition coefficient (Wildman–Crippen LogP) is 3.48. The van der Waals surface area contributed by atoms with E-state index in [1.807, 2.05) is 12.1 Å². The quantitative estimate of drug-likeness (QED) is 0.850. The summed E-state index contributed by atoms with van der Waals surface area (Å²) in [6, 6.07) is 8.52. The molecule has 0 aliphatic rings. The average Bonchev–Trinajstić information content (AvgIpc) is 2.79. The molecule has 0 amide bonds. The summed E-state index contributed by atoms with van der Waals surface area (Å²) in [4.78, 5) is 0. The van der Waals surface area contributed by atoms with Crippen molar-refractivity contribution in [3.8, 4) is 10.6 Å². The molecule has 1 heterocycles. The van der Waals surface area contributed by atoms with Crippen LogP contribution in [-0.4, -0.2) is 16.7 Å². The Morgan fingerprint density at radius 1 is 1.35 bits per heavy atom. The van der Waals surface area contributed by atoms with E-state index in [4.69, 9.17) is 0 Å². The Bertz CT molecular complexity index is 498. The van der Waals surface area contributed by atoms with Crippen LogP contribution in [0.15, 0.2) is 24.3 Å². The molecule has 0 radical (unpaired) electrons. The van der Waals surface area contributed by atoms with E-state index in [-0.39, 0.29) is 6.04 Å². The first-order valence-corrected chi connectivity index (χ1v) is 7.43. The van der Waals surface area contributed by atoms with E-state index >= 15 is 0 Å². The lowest BCUT2D eigenvalue weighted by Crippen LogP contribution is -2.17. The summed E-state index contributed by atoms with van der Waals surface area (Å²) in [7, 11) is 0. The molecule has 2 rings (SSSR count). The summed E-state index contributed by atoms with van der Waals surface area (Å²) in [6.07, 6.45) is 0. The van der Waals surface area contributed by atoms with Crippen LogP contribution in [0.5, 0.6) is 0 Å². The molecule has 0 aliphatic heterocycles. The zero-order chi connectivity index (χ0) is 12.3. The van der Waals surface area contributed by atoms with Gasteiger partial charge in [0.05, 0.1) is 6.04 Å². The molecule has 17 heavy (non-hydrogen) atoms. The molecule has 0 saturated heterocycles. The molecule has 2 aromatic rings. The van der Waals surface area contributed by atoms with Crippen molar-refractivity contribution in [3.63, 3.8) is 0 Å². The second kappa shape index (κ2) is 5.88. The van der Waals surface area contributed by atoms with Gasteiger partial charge in [-0.1, -0.05) is 36.5 Å². The number of hydrogen-bond acceptors (Lipinski definition) is 4. The van der Waals surface area contributed by atoms with Gasteiger partial charge in [-0.05, 0) is 42.1 Å². The zero-order valence-corrected chi connectivity index (χ0v) is 12.7. The van der Waals surface area contributed by atoms with Gasteiger partial charge in [0, 0.05) is 9.13 Å². The lowest BCUT2D eigenvalue weighted by molar-refractivity contribution is 0.590. The molecule has 5 heteroatoms. The van der Waals surface area contributed by atoms with Crippen molar-refractivity contribution >= 4 is 33.9 Å². The van der Waals surface area contributed by atoms with Gasteiger partial charge >= 0.3 is 0 Å². The lowest BCUT2D eigenvalue weighted by atomic mass is 10.2. The van der Waals surface area contributed by atoms with E-state index in [1.54, 1.807) is 11.3 Å². The molecule has 1 unspecified atom stereocenters. The minimum absolute atomic E-state index is 0.271. The van der Waals surface area contributed by atoms with Crippen molar-refractivity contribution in [2.24, 2.45) is 0 Å². The number of benzene rings is 1. The molecule has 1 aromatic carbocycles. The highest BCUT2D eigenvalue weighted by Gasteiger charge is 2.13. The van der Waals surface area contributed by atoms with Crippen LogP contribution in [0.25, 0.3) is 10.6 Å². The number of aromatic nitrogens is 2. The molecule has 1 N–H and O–H groups in total. The first-order chi connectivity index (χ1) is 8.22. The summed E-state index contributed by atoms with van der Waals surface area (Å²) < 4.78 is 1.21. The van der Waals surface area contributed by atoms with Crippen LogP contribution >= 0.6 is 33.9 Å². The van der Waals surface area contributed by atoms with Crippen LogP contribution in [0.3, 0.4) is 0 Å². The highest BCUT2D eigenvalue weighted by molar-refractivity contribution is 14.1. The number of nitrogens with one attached hydrogen (secondary N) is 1. The smallest absolute Gasteiger partial charge is 0.148 e. The second-order valence-electron chi connectivity index (χ2n) is 3.70. The molecule has 3 nitrogen and oxygen atoms in total. The van der Waals surface area contributed by atoms with Crippen LogP contribution < -0.4 is 5.32 Å². The fourth-order valence-electron chi connectivity index (χ4n) is 1.55. The first-order valence-electron chi connectivity index (χ1n) is 5.54. The van der Waals surface area contributed by atoms with Gasteiger partial charge in [0.2, 0.25) is 0 Å². The van der Waals surface area contributed by atoms with Crippen molar-refractivity contribution in [3.05, 3.63) is 32.8 Å². The molecule has 1 atom stereocenters. The van der Waals surface area contributed by atoms with E-state index < -0.39 is 0 Å². The van der Waals surface area contributed by atoms with Crippen LogP contribution in [0, 0.1) is 3.57 Å². The van der Waals surface area contributed by atoms with Gasteiger partial charge in [-0.25, -0.2) is 0 Å². The first kappa shape index (κ1) is 12.9. The van der Waals surface area contributed by atoms with Crippen molar-refractivity contribution in [2.75, 3.05) is 6.54 Å². The molecule has 0 saturated carbocycles. The van der Waals surface area contributed by atoms with Crippen molar-refractivity contribution in [2.45, 2.75) is 19.9 Å². The van der Waals surface area contributed by atoms with Gasteiger partial charge in [0.25, 0.3) is 0 Å². The minimum atomic E-state index is 0.271. The Morgan fingerprint density at radius 3 is 2.82 bits per heavy atom. The standard InChI is InChI=1S/C12H14IN3S/c1-3-14-8(2)11-15-16-12(17-11)9-6-4-5-7-10(9)13/h4-8,14H,3H2,1-2H3. The van der Waals surface area contributed by atoms with Crippen molar-refractivity contribution < 1.29 is 0 Å². The molecule has 0 fully saturated rings. The number of halogens is 1. The van der Waals surface area contributed by atoms with Gasteiger partial charge in [-0.15, -0.1) is 10.2 Å². The maximum atomic E-state index is 4.27. The minimum Gasteiger partial charge on any atom is -0.308 e. The Balaban J connectivity index is 2.27. The molecule has 90 valence electrons. The highest BCUT2D eigenvalue weighted by atomic mass is 127. The monoisotopic (exact) mass is 359 g/mol. The summed E-state index contributed by atoms with van der Waals surface area (Å²) in [6.45, 7) is 5.15. The predicted molar refractivity (Wildman–Crippen MR) is 80.2 cm³/mol. The fourth-order valence-corrected chi connectivity index (χ4v) is 3.28. The van der Waals surface area contributed by atoms with Crippen LogP contribution in [-0.2, 0) is 0 Å². The Hall–Kier alpha value is -0.530. The van der Waals surface area contributed by atoms with Crippen molar-refractivity contribution in [1.29, 1.82) is 0 Å². The van der Waals surface area contributed by atoms with Crippen molar-refractivity contribution in [1.82, 2.24) is 15.5 Å². The van der Waals surface area contributed by atoms with Gasteiger partial charge in [-0.2, -0.15) is 0 Å². The summed E-state index contributed by atoms with van der Waals surface area (Å²) >= 11 is 3.99. The molecule has 1 aromatic heterocycles. The second-order valence-corrected chi connectivity index (χ2v) is 5.88. The van der Waals surface area contributed by atoms with Gasteiger partial charge in [0.1, 0.15) is 10.0 Å². The SMILES string of the molecule is CCNC(C)c1nnc(-c2ccccc2I)s1. The van der Waals surface area contributed by atoms with Crippen LogP contribution in [0.4, 0.5) is 0 Å². The van der Waals surface area contributed by atoms with Gasteiger partial charge in [0.15, 0.2) is 0 Å². The highest BCUT2D eigenvalue weighted by Crippen LogP contribution is 2.29. The molecular weight excluding hydrogens is 345 g/mol. The third-order valence-electron chi connectivity index (χ3n) is 2.43. The molecule has 0 spiro atoms.